The number of aromatic nitrogens is 4. The molecule has 13 heteroatoms. The Labute approximate surface area is 190 Å². The van der Waals surface area contributed by atoms with Crippen molar-refractivity contribution < 1.29 is 18.5 Å². The lowest BCUT2D eigenvalue weighted by molar-refractivity contribution is -0.380. The fourth-order valence-electron chi connectivity index (χ4n) is 4.37. The van der Waals surface area contributed by atoms with Crippen LogP contribution in [-0.4, -0.2) is 49.6 Å². The largest absolute Gasteiger partial charge is 0.334 e. The van der Waals surface area contributed by atoms with Gasteiger partial charge in [0.15, 0.2) is 5.65 Å². The van der Waals surface area contributed by atoms with Crippen LogP contribution < -0.4 is 10.2 Å². The second-order valence-corrected chi connectivity index (χ2v) is 9.43. The Kier molecular flexibility index (Phi) is 5.43. The second kappa shape index (κ2) is 8.28. The number of alkyl halides is 2. The monoisotopic (exact) mass is 477 g/mol. The van der Waals surface area contributed by atoms with Crippen LogP contribution in [0, 0.1) is 10.1 Å². The summed E-state index contributed by atoms with van der Waals surface area (Å²) in [5.74, 6) is -3.16. The Balaban J connectivity index is 1.53. The molecule has 2 aliphatic rings. The van der Waals surface area contributed by atoms with Crippen LogP contribution >= 0.6 is 11.3 Å². The van der Waals surface area contributed by atoms with Crippen LogP contribution in [0.25, 0.3) is 11.0 Å². The summed E-state index contributed by atoms with van der Waals surface area (Å²) in [4.78, 5) is 33.7. The number of thiophene rings is 1. The topological polar surface area (TPSA) is 119 Å². The van der Waals surface area contributed by atoms with E-state index < -0.39 is 23.3 Å². The van der Waals surface area contributed by atoms with E-state index in [1.54, 1.807) is 10.9 Å². The van der Waals surface area contributed by atoms with Crippen molar-refractivity contribution >= 4 is 45.0 Å². The third-order valence-electron chi connectivity index (χ3n) is 6.04. The highest BCUT2D eigenvalue weighted by molar-refractivity contribution is 7.17. The highest BCUT2D eigenvalue weighted by Gasteiger charge is 2.39. The lowest BCUT2D eigenvalue weighted by Gasteiger charge is -2.23. The van der Waals surface area contributed by atoms with Crippen molar-refractivity contribution in [1.29, 1.82) is 0 Å². The summed E-state index contributed by atoms with van der Waals surface area (Å²) >= 11 is 0.746. The van der Waals surface area contributed by atoms with E-state index in [0.29, 0.717) is 11.0 Å². The highest BCUT2D eigenvalue weighted by Crippen LogP contribution is 2.35. The van der Waals surface area contributed by atoms with Crippen molar-refractivity contribution in [3.63, 3.8) is 0 Å². The van der Waals surface area contributed by atoms with Crippen LogP contribution in [-0.2, 0) is 0 Å². The van der Waals surface area contributed by atoms with Gasteiger partial charge in [-0.25, -0.2) is 13.5 Å². The molecule has 0 bridgehead atoms. The number of anilines is 2. The standard InChI is InChI=1S/C20H21F2N7O3S/c21-20(22)8-9-27(11-20)19-25-16(24-18(30)14-6-7-15(33-14)29(31)32)13-10-23-28(17(13)26-19)12-4-2-1-3-5-12/h6-7,10,12H,1-5,8-9,11H2,(H,24,25,26,30). The first-order valence-corrected chi connectivity index (χ1v) is 11.6. The first-order chi connectivity index (χ1) is 15.8. The predicted octanol–water partition coefficient (Wildman–Crippen LogP) is 4.40. The van der Waals surface area contributed by atoms with Crippen molar-refractivity contribution in [2.24, 2.45) is 0 Å². The van der Waals surface area contributed by atoms with E-state index in [1.165, 1.54) is 17.0 Å². The number of nitro groups is 1. The number of hydrogen-bond donors (Lipinski definition) is 1. The van der Waals surface area contributed by atoms with Crippen molar-refractivity contribution in [2.75, 3.05) is 23.3 Å². The van der Waals surface area contributed by atoms with Crippen LogP contribution in [0.2, 0.25) is 0 Å². The summed E-state index contributed by atoms with van der Waals surface area (Å²) in [6.45, 7) is -0.402. The molecular weight excluding hydrogens is 456 g/mol. The number of amides is 1. The maximum atomic E-state index is 13.9. The molecule has 174 valence electrons. The van der Waals surface area contributed by atoms with Gasteiger partial charge < -0.3 is 10.2 Å². The minimum Gasteiger partial charge on any atom is -0.334 e. The molecule has 1 amide bonds. The fourth-order valence-corrected chi connectivity index (χ4v) is 5.08. The van der Waals surface area contributed by atoms with E-state index >= 15 is 0 Å². The number of halogens is 2. The summed E-state index contributed by atoms with van der Waals surface area (Å²) in [7, 11) is 0. The SMILES string of the molecule is O=C(Nc1nc(N2CCC(F)(F)C2)nc2c1cnn2C1CCCCC1)c1ccc([N+](=O)[O-])s1. The zero-order chi connectivity index (χ0) is 23.2. The Bertz CT molecular complexity index is 1220. The third-order valence-corrected chi connectivity index (χ3v) is 7.08. The summed E-state index contributed by atoms with van der Waals surface area (Å²) in [6, 6.07) is 2.76. The molecule has 10 nitrogen and oxygen atoms in total. The van der Waals surface area contributed by atoms with Gasteiger partial charge in [-0.1, -0.05) is 30.6 Å². The van der Waals surface area contributed by atoms with Gasteiger partial charge in [-0.3, -0.25) is 14.9 Å². The first kappa shape index (κ1) is 21.6. The Morgan fingerprint density at radius 1 is 1.24 bits per heavy atom. The minimum atomic E-state index is -2.83. The molecule has 0 spiro atoms. The molecule has 4 heterocycles. The van der Waals surface area contributed by atoms with Gasteiger partial charge in [0, 0.05) is 19.0 Å². The molecule has 1 saturated carbocycles. The summed E-state index contributed by atoms with van der Waals surface area (Å²) in [5.41, 5.74) is 0.481. The van der Waals surface area contributed by atoms with E-state index in [4.69, 9.17) is 0 Å². The molecule has 3 aromatic heterocycles. The molecule has 2 fully saturated rings. The first-order valence-electron chi connectivity index (χ1n) is 10.7. The van der Waals surface area contributed by atoms with Crippen LogP contribution in [0.4, 0.5) is 25.5 Å². The molecule has 1 aliphatic heterocycles. The number of nitrogens with one attached hydrogen (secondary N) is 1. The lowest BCUT2D eigenvalue weighted by Crippen LogP contribution is -2.27. The molecule has 0 atom stereocenters. The van der Waals surface area contributed by atoms with Crippen LogP contribution in [0.5, 0.6) is 0 Å². The number of hydrogen-bond acceptors (Lipinski definition) is 8. The number of nitrogens with zero attached hydrogens (tertiary/aromatic N) is 6. The highest BCUT2D eigenvalue weighted by atomic mass is 32.1. The molecule has 0 aromatic carbocycles. The molecular formula is C20H21F2N7O3S. The number of carbonyl (C=O) groups is 1. The summed E-state index contributed by atoms with van der Waals surface area (Å²) < 4.78 is 29.5. The van der Waals surface area contributed by atoms with Gasteiger partial charge in [0.2, 0.25) is 5.95 Å². The van der Waals surface area contributed by atoms with Crippen molar-refractivity contribution in [1.82, 2.24) is 19.7 Å². The maximum Gasteiger partial charge on any atom is 0.324 e. The Morgan fingerprint density at radius 2 is 2.03 bits per heavy atom. The average Bonchev–Trinajstić information content (AvgIpc) is 3.52. The molecule has 5 rings (SSSR count). The average molecular weight is 477 g/mol. The van der Waals surface area contributed by atoms with E-state index in [9.17, 15) is 23.7 Å². The van der Waals surface area contributed by atoms with Gasteiger partial charge in [-0.15, -0.1) is 0 Å². The van der Waals surface area contributed by atoms with Gasteiger partial charge in [-0.2, -0.15) is 15.1 Å². The predicted molar refractivity (Wildman–Crippen MR) is 118 cm³/mol. The smallest absolute Gasteiger partial charge is 0.324 e. The summed E-state index contributed by atoms with van der Waals surface area (Å²) in [6.07, 6.45) is 6.46. The van der Waals surface area contributed by atoms with Gasteiger partial charge in [-0.05, 0) is 18.9 Å². The number of rotatable bonds is 5. The minimum absolute atomic E-state index is 0.0978. The molecule has 0 unspecified atom stereocenters. The van der Waals surface area contributed by atoms with E-state index in [1.807, 2.05) is 0 Å². The van der Waals surface area contributed by atoms with Gasteiger partial charge in [0.1, 0.15) is 5.82 Å². The van der Waals surface area contributed by atoms with Crippen LogP contribution in [0.1, 0.15) is 54.2 Å². The molecule has 3 aromatic rings. The normalized spacial score (nSPS) is 18.7. The molecule has 33 heavy (non-hydrogen) atoms. The van der Waals surface area contributed by atoms with Crippen molar-refractivity contribution in [3.05, 3.63) is 33.3 Å². The molecule has 1 aliphatic carbocycles. The summed E-state index contributed by atoms with van der Waals surface area (Å²) in [5, 5.41) is 18.5. The molecule has 0 radical (unpaired) electrons. The van der Waals surface area contributed by atoms with Crippen LogP contribution in [0.3, 0.4) is 0 Å². The number of fused-ring (bicyclic) bond motifs is 1. The quantitative estimate of drug-likeness (QED) is 0.427. The van der Waals surface area contributed by atoms with Gasteiger partial charge in [0.05, 0.1) is 34.0 Å². The van der Waals surface area contributed by atoms with Crippen molar-refractivity contribution in [2.45, 2.75) is 50.5 Å². The number of carbonyl (C=O) groups excluding carboxylic acids is 1. The van der Waals surface area contributed by atoms with E-state index in [0.717, 1.165) is 43.4 Å². The fraction of sp³-hybridized carbons (Fsp3) is 0.500. The van der Waals surface area contributed by atoms with Crippen LogP contribution in [0.15, 0.2) is 18.3 Å². The van der Waals surface area contributed by atoms with E-state index in [-0.39, 0.29) is 40.7 Å². The Morgan fingerprint density at radius 3 is 2.70 bits per heavy atom. The second-order valence-electron chi connectivity index (χ2n) is 8.37. The lowest BCUT2D eigenvalue weighted by atomic mass is 9.96. The maximum absolute atomic E-state index is 13.9. The molecule has 1 saturated heterocycles. The third kappa shape index (κ3) is 4.24. The van der Waals surface area contributed by atoms with Gasteiger partial charge in [0.25, 0.3) is 11.8 Å². The van der Waals surface area contributed by atoms with Crippen molar-refractivity contribution in [3.8, 4) is 0 Å². The van der Waals surface area contributed by atoms with E-state index in [2.05, 4.69) is 20.4 Å². The zero-order valence-corrected chi connectivity index (χ0v) is 18.4. The van der Waals surface area contributed by atoms with Gasteiger partial charge >= 0.3 is 5.00 Å². The zero-order valence-electron chi connectivity index (χ0n) is 17.5. The molecule has 1 N–H and O–H groups in total. The Hall–Kier alpha value is -3.22.